The molecule has 0 radical (unpaired) electrons. The molecule has 17 nitrogen and oxygen atoms in total. The standard InChI is InChI=1S/C57H100O11.C57H100O6/c1-4-7-10-11-15-24-33-45-46(64-45)34-25-16-12-19-28-37-55(58)61-42-44(63-57(60)39-30-21-14-18-27-36-50-54(68-50)41-52-48(66-52)32-23-9-6-3)43-62-56(59)38-29-20-13-17-26-35-49-53(67-49)40-51-47(65-51)31-22-8-5-2;1-4-7-10-13-16-19-22-25-28-31-34-37-40-43-46-49-55(58)61-52-54(63-57(60)51-48-45-42-39-36-33-30-27-24-21-18-15-12-9-6-3)53-62-56(59)50-47-44-41-38-35-32-29-26-23-20-17-14-11-8-5-2/h44-54H,4-43H2,1-3H3;16,18-19,21,25-30,54H,4-15,17,20,22-24,31-53H2,1-3H3/b;19-16+,21-18+,28-25+,29-26+,30-27+. The van der Waals surface area contributed by atoms with E-state index in [2.05, 4.69) is 102 Å². The van der Waals surface area contributed by atoms with Gasteiger partial charge in [-0.2, -0.15) is 0 Å². The van der Waals surface area contributed by atoms with Crippen LogP contribution >= 0.6 is 0 Å². The molecule has 5 heterocycles. The van der Waals surface area contributed by atoms with Gasteiger partial charge in [-0.05, 0) is 167 Å². The molecule has 0 aromatic heterocycles. The summed E-state index contributed by atoms with van der Waals surface area (Å²) in [5.74, 6) is -1.87. The Balaban J connectivity index is 0.000000551. The lowest BCUT2D eigenvalue weighted by Gasteiger charge is -2.18. The summed E-state index contributed by atoms with van der Waals surface area (Å²) in [6.07, 6.45) is 108. The molecule has 0 N–H and O–H groups in total. The highest BCUT2D eigenvalue weighted by Crippen LogP contribution is 2.41. The van der Waals surface area contributed by atoms with E-state index < -0.39 is 12.2 Å². The Kier molecular flexibility index (Phi) is 77.6. The maximum Gasteiger partial charge on any atom is 0.306 e. The third kappa shape index (κ3) is 74.2. The summed E-state index contributed by atoms with van der Waals surface area (Å²) in [6.45, 7) is 13.1. The topological polar surface area (TPSA) is 220 Å². The number of hydrogen-bond donors (Lipinski definition) is 0. The fraction of sp³-hybridized carbons (Fsp3) is 0.860. The van der Waals surface area contributed by atoms with Crippen LogP contribution in [0.25, 0.3) is 0 Å². The first-order valence-electron chi connectivity index (χ1n) is 55.9. The van der Waals surface area contributed by atoms with Gasteiger partial charge in [-0.1, -0.05) is 372 Å². The molecule has 0 amide bonds. The van der Waals surface area contributed by atoms with E-state index in [4.69, 9.17) is 52.1 Å². The molecule has 0 aromatic carbocycles. The van der Waals surface area contributed by atoms with Gasteiger partial charge in [0.15, 0.2) is 12.2 Å². The van der Waals surface area contributed by atoms with Gasteiger partial charge in [0.05, 0.1) is 61.0 Å². The molecule has 0 aromatic rings. The average Bonchev–Trinajstić information content (AvgIpc) is 1.65. The van der Waals surface area contributed by atoms with E-state index in [-0.39, 0.29) is 62.2 Å². The van der Waals surface area contributed by atoms with E-state index in [1.54, 1.807) is 0 Å². The Morgan fingerprint density at radius 1 is 0.198 bits per heavy atom. The molecule has 17 heteroatoms. The summed E-state index contributed by atoms with van der Waals surface area (Å²) in [7, 11) is 0. The number of allylic oxidation sites excluding steroid dienone is 10. The van der Waals surface area contributed by atoms with Crippen LogP contribution in [0.2, 0.25) is 0 Å². The molecule has 758 valence electrons. The number of epoxide rings is 5. The summed E-state index contributed by atoms with van der Waals surface area (Å²) in [4.78, 5) is 76.4. The second-order valence-electron chi connectivity index (χ2n) is 39.3. The zero-order chi connectivity index (χ0) is 93.8. The van der Waals surface area contributed by atoms with Crippen molar-refractivity contribution in [2.24, 2.45) is 0 Å². The minimum atomic E-state index is -0.809. The van der Waals surface area contributed by atoms with Crippen molar-refractivity contribution in [3.63, 3.8) is 0 Å². The van der Waals surface area contributed by atoms with Crippen molar-refractivity contribution in [3.8, 4) is 0 Å². The quantitative estimate of drug-likeness (QED) is 0.0182. The van der Waals surface area contributed by atoms with Gasteiger partial charge in [0.2, 0.25) is 0 Å². The SMILES string of the molecule is CCCCC/C=C/C/C=C/CCCCCCCC(=O)OCC(COC(=O)CCCCCCC/C=C/CCCCCCCC)OC(=O)CCCCCCC/C=C/C/C=C/CCCCC.CCCCCCCCC1OC1CCCCCCCC(=O)OCC(COC(=O)CCCCCCCC1OC1CC1OC1CCCCC)OC(=O)CCCCCCCC1OC1CC1OC1CCCCC. The van der Waals surface area contributed by atoms with E-state index in [1.807, 2.05) is 0 Å². The van der Waals surface area contributed by atoms with Gasteiger partial charge in [-0.15, -0.1) is 0 Å². The van der Waals surface area contributed by atoms with E-state index in [9.17, 15) is 28.8 Å². The van der Waals surface area contributed by atoms with Crippen molar-refractivity contribution in [3.05, 3.63) is 60.8 Å². The van der Waals surface area contributed by atoms with Crippen LogP contribution in [0, 0.1) is 0 Å². The zero-order valence-electron chi connectivity index (χ0n) is 85.2. The highest BCUT2D eigenvalue weighted by atomic mass is 16.6. The van der Waals surface area contributed by atoms with Crippen LogP contribution in [0.3, 0.4) is 0 Å². The second kappa shape index (κ2) is 85.7. The molecule has 5 rings (SSSR count). The molecular formula is C114H200O17. The van der Waals surface area contributed by atoms with Gasteiger partial charge < -0.3 is 52.1 Å². The number of rotatable bonds is 96. The van der Waals surface area contributed by atoms with Crippen LogP contribution in [-0.4, -0.2) is 135 Å². The van der Waals surface area contributed by atoms with Gasteiger partial charge >= 0.3 is 35.8 Å². The molecule has 0 saturated carbocycles. The minimum Gasteiger partial charge on any atom is -0.462 e. The first kappa shape index (κ1) is 119. The number of unbranched alkanes of at least 4 members (excludes halogenated alkanes) is 48. The minimum absolute atomic E-state index is 0.0885. The summed E-state index contributed by atoms with van der Waals surface area (Å²) in [5.41, 5.74) is 0. The van der Waals surface area contributed by atoms with Gasteiger partial charge in [0.1, 0.15) is 26.4 Å². The van der Waals surface area contributed by atoms with Crippen molar-refractivity contribution < 1.29 is 80.9 Å². The van der Waals surface area contributed by atoms with Crippen LogP contribution in [0.5, 0.6) is 0 Å². The summed E-state index contributed by atoms with van der Waals surface area (Å²) in [5, 5.41) is 0. The first-order valence-corrected chi connectivity index (χ1v) is 55.9. The molecule has 5 saturated heterocycles. The molecule has 12 atom stereocenters. The molecular weight excluding hydrogens is 1640 g/mol. The lowest BCUT2D eigenvalue weighted by atomic mass is 10.0. The van der Waals surface area contributed by atoms with Gasteiger partial charge in [0.25, 0.3) is 0 Å². The van der Waals surface area contributed by atoms with Crippen LogP contribution in [0.15, 0.2) is 60.8 Å². The normalized spacial score (nSPS) is 20.0. The third-order valence-electron chi connectivity index (χ3n) is 26.6. The third-order valence-corrected chi connectivity index (χ3v) is 26.6. The van der Waals surface area contributed by atoms with E-state index >= 15 is 0 Å². The van der Waals surface area contributed by atoms with Crippen LogP contribution in [0.4, 0.5) is 0 Å². The Labute approximate surface area is 802 Å². The molecule has 5 fully saturated rings. The molecule has 5 aliphatic rings. The van der Waals surface area contributed by atoms with Gasteiger partial charge in [-0.25, -0.2) is 0 Å². The summed E-state index contributed by atoms with van der Waals surface area (Å²) in [6, 6.07) is 0. The molecule has 5 aliphatic heterocycles. The van der Waals surface area contributed by atoms with E-state index in [0.717, 1.165) is 231 Å². The van der Waals surface area contributed by atoms with Crippen molar-refractivity contribution >= 4 is 35.8 Å². The largest absolute Gasteiger partial charge is 0.462 e. The molecule has 0 bridgehead atoms. The monoisotopic (exact) mass is 1840 g/mol. The van der Waals surface area contributed by atoms with E-state index in [0.29, 0.717) is 99.6 Å². The van der Waals surface area contributed by atoms with Crippen LogP contribution in [0.1, 0.15) is 530 Å². The number of carbonyl (C=O) groups excluding carboxylic acids is 6. The highest BCUT2D eigenvalue weighted by Gasteiger charge is 2.48. The summed E-state index contributed by atoms with van der Waals surface area (Å²) >= 11 is 0. The first-order chi connectivity index (χ1) is 64.4. The van der Waals surface area contributed by atoms with Crippen molar-refractivity contribution in [1.82, 2.24) is 0 Å². The van der Waals surface area contributed by atoms with Crippen LogP contribution < -0.4 is 0 Å². The lowest BCUT2D eigenvalue weighted by molar-refractivity contribution is -0.167. The maximum absolute atomic E-state index is 12.9. The molecule has 12 unspecified atom stereocenters. The number of hydrogen-bond acceptors (Lipinski definition) is 17. The zero-order valence-corrected chi connectivity index (χ0v) is 85.2. The predicted molar refractivity (Wildman–Crippen MR) is 538 cm³/mol. The average molecular weight is 1840 g/mol. The summed E-state index contributed by atoms with van der Waals surface area (Å²) < 4.78 is 63.2. The molecule has 0 spiro atoms. The number of esters is 6. The van der Waals surface area contributed by atoms with Crippen LogP contribution in [-0.2, 0) is 80.9 Å². The lowest BCUT2D eigenvalue weighted by Crippen LogP contribution is -2.30. The van der Waals surface area contributed by atoms with Crippen molar-refractivity contribution in [2.45, 2.75) is 603 Å². The Hall–Kier alpha value is -4.68. The van der Waals surface area contributed by atoms with Gasteiger partial charge in [-0.3, -0.25) is 28.8 Å². The fourth-order valence-electron chi connectivity index (χ4n) is 17.7. The smallest absolute Gasteiger partial charge is 0.306 e. The highest BCUT2D eigenvalue weighted by molar-refractivity contribution is 5.72. The van der Waals surface area contributed by atoms with Gasteiger partial charge in [0, 0.05) is 51.4 Å². The van der Waals surface area contributed by atoms with Crippen molar-refractivity contribution in [1.29, 1.82) is 0 Å². The Bertz CT molecular complexity index is 2870. The fourth-order valence-corrected chi connectivity index (χ4v) is 17.7. The van der Waals surface area contributed by atoms with E-state index in [1.165, 1.54) is 218 Å². The number of ether oxygens (including phenoxy) is 11. The second-order valence-corrected chi connectivity index (χ2v) is 39.3. The maximum atomic E-state index is 12.9. The molecule has 131 heavy (non-hydrogen) atoms. The number of carbonyl (C=O) groups is 6. The predicted octanol–water partition coefficient (Wildman–Crippen LogP) is 31.4. The Morgan fingerprint density at radius 3 is 0.618 bits per heavy atom. The van der Waals surface area contributed by atoms with Crippen molar-refractivity contribution in [2.75, 3.05) is 26.4 Å². The molecule has 0 aliphatic carbocycles. The Morgan fingerprint density at radius 2 is 0.366 bits per heavy atom.